The van der Waals surface area contributed by atoms with Crippen molar-refractivity contribution in [2.24, 2.45) is 0 Å². The van der Waals surface area contributed by atoms with Crippen LogP contribution in [-0.2, 0) is 9.59 Å². The van der Waals surface area contributed by atoms with Crippen LogP contribution < -0.4 is 10.6 Å². The number of carbonyl (C=O) groups excluding carboxylic acids is 2. The van der Waals surface area contributed by atoms with Gasteiger partial charge in [0.15, 0.2) is 0 Å². The lowest BCUT2D eigenvalue weighted by molar-refractivity contribution is -0.120. The van der Waals surface area contributed by atoms with Gasteiger partial charge in [0.25, 0.3) is 0 Å². The molecule has 1 unspecified atom stereocenters. The fourth-order valence-electron chi connectivity index (χ4n) is 2.36. The highest BCUT2D eigenvalue weighted by Gasteiger charge is 2.29. The summed E-state index contributed by atoms with van der Waals surface area (Å²) >= 11 is 1.13. The first kappa shape index (κ1) is 17.0. The summed E-state index contributed by atoms with van der Waals surface area (Å²) in [6.45, 7) is 0. The number of benzene rings is 2. The van der Waals surface area contributed by atoms with Gasteiger partial charge in [0.2, 0.25) is 11.8 Å². The second-order valence-electron chi connectivity index (χ2n) is 5.37. The van der Waals surface area contributed by atoms with Crippen molar-refractivity contribution in [2.75, 3.05) is 10.6 Å². The van der Waals surface area contributed by atoms with Gasteiger partial charge in [-0.3, -0.25) is 9.59 Å². The maximum Gasteiger partial charge on any atom is 0.335 e. The second-order valence-corrected chi connectivity index (χ2v) is 6.62. The molecule has 0 saturated heterocycles. The number of hydrogen-bond acceptors (Lipinski definition) is 4. The number of nitrogens with one attached hydrogen (secondary N) is 2. The van der Waals surface area contributed by atoms with Gasteiger partial charge in [0, 0.05) is 17.0 Å². The quantitative estimate of drug-likeness (QED) is 0.779. The number of hydrogen-bond donors (Lipinski definition) is 3. The standard InChI is InChI=1S/C17H13FN2O4S/c18-10-2-1-3-11(7-10)19-15(21)8-14-16(22)20-12-5-4-9(17(23)24)6-13(12)25-14/h1-7,14H,8H2,(H,19,21)(H,20,22)(H,23,24). The largest absolute Gasteiger partial charge is 0.478 e. The van der Waals surface area contributed by atoms with Crippen molar-refractivity contribution in [1.82, 2.24) is 0 Å². The number of rotatable bonds is 4. The third-order valence-corrected chi connectivity index (χ3v) is 4.78. The van der Waals surface area contributed by atoms with Crippen LogP contribution >= 0.6 is 11.8 Å². The zero-order chi connectivity index (χ0) is 18.0. The Hall–Kier alpha value is -2.87. The molecule has 0 bridgehead atoms. The third-order valence-electron chi connectivity index (χ3n) is 3.53. The van der Waals surface area contributed by atoms with Crippen LogP contribution in [0, 0.1) is 5.82 Å². The predicted molar refractivity (Wildman–Crippen MR) is 91.3 cm³/mol. The molecule has 0 spiro atoms. The smallest absolute Gasteiger partial charge is 0.335 e. The highest BCUT2D eigenvalue weighted by Crippen LogP contribution is 2.37. The molecule has 3 N–H and O–H groups in total. The van der Waals surface area contributed by atoms with Crippen LogP contribution in [0.5, 0.6) is 0 Å². The number of thioether (sulfide) groups is 1. The molecule has 2 amide bonds. The molecule has 1 aliphatic rings. The molecule has 25 heavy (non-hydrogen) atoms. The van der Waals surface area contributed by atoms with Gasteiger partial charge >= 0.3 is 5.97 Å². The van der Waals surface area contributed by atoms with Crippen molar-refractivity contribution in [2.45, 2.75) is 16.6 Å². The minimum Gasteiger partial charge on any atom is -0.478 e. The average molecular weight is 360 g/mol. The molecule has 3 rings (SSSR count). The van der Waals surface area contributed by atoms with E-state index in [9.17, 15) is 18.8 Å². The molecule has 2 aromatic carbocycles. The molecular formula is C17H13FN2O4S. The van der Waals surface area contributed by atoms with Gasteiger partial charge in [-0.15, -0.1) is 11.8 Å². The van der Waals surface area contributed by atoms with Crippen molar-refractivity contribution in [1.29, 1.82) is 0 Å². The van der Waals surface area contributed by atoms with E-state index in [0.717, 1.165) is 11.8 Å². The molecule has 1 aliphatic heterocycles. The number of carboxylic acids is 1. The van der Waals surface area contributed by atoms with Crippen LogP contribution in [0.4, 0.5) is 15.8 Å². The van der Waals surface area contributed by atoms with E-state index in [2.05, 4.69) is 10.6 Å². The molecule has 0 aromatic heterocycles. The number of carboxylic acid groups (broad SMARTS) is 1. The zero-order valence-corrected chi connectivity index (χ0v) is 13.6. The predicted octanol–water partition coefficient (Wildman–Crippen LogP) is 2.97. The maximum absolute atomic E-state index is 13.1. The van der Waals surface area contributed by atoms with Crippen LogP contribution in [0.25, 0.3) is 0 Å². The number of amides is 2. The number of fused-ring (bicyclic) bond motifs is 1. The molecular weight excluding hydrogens is 347 g/mol. The average Bonchev–Trinajstić information content (AvgIpc) is 2.55. The Balaban J connectivity index is 1.70. The Morgan fingerprint density at radius 1 is 1.24 bits per heavy atom. The highest BCUT2D eigenvalue weighted by molar-refractivity contribution is 8.01. The first-order chi connectivity index (χ1) is 11.9. The van der Waals surface area contributed by atoms with E-state index in [0.29, 0.717) is 16.3 Å². The molecule has 0 aliphatic carbocycles. The Morgan fingerprint density at radius 2 is 2.04 bits per heavy atom. The van der Waals surface area contributed by atoms with E-state index in [1.165, 1.54) is 36.4 Å². The van der Waals surface area contributed by atoms with Gasteiger partial charge in [-0.25, -0.2) is 9.18 Å². The lowest BCUT2D eigenvalue weighted by atomic mass is 10.2. The minimum absolute atomic E-state index is 0.102. The van der Waals surface area contributed by atoms with Gasteiger partial charge in [-0.2, -0.15) is 0 Å². The Morgan fingerprint density at radius 3 is 2.76 bits per heavy atom. The number of anilines is 2. The normalized spacial score (nSPS) is 15.9. The summed E-state index contributed by atoms with van der Waals surface area (Å²) in [5, 5.41) is 13.5. The Kier molecular flexibility index (Phi) is 4.71. The zero-order valence-electron chi connectivity index (χ0n) is 12.8. The van der Waals surface area contributed by atoms with E-state index < -0.39 is 22.9 Å². The SMILES string of the molecule is O=C(CC1Sc2cc(C(=O)O)ccc2NC1=O)Nc1cccc(F)c1. The number of halogens is 1. The number of aromatic carboxylic acids is 1. The first-order valence-corrected chi connectivity index (χ1v) is 8.20. The van der Waals surface area contributed by atoms with E-state index in [-0.39, 0.29) is 17.9 Å². The van der Waals surface area contributed by atoms with Crippen molar-refractivity contribution in [3.05, 3.63) is 53.8 Å². The lowest BCUT2D eigenvalue weighted by Gasteiger charge is -2.24. The summed E-state index contributed by atoms with van der Waals surface area (Å²) in [6.07, 6.45) is -0.121. The molecule has 0 saturated carbocycles. The Labute approximate surface area is 146 Å². The summed E-state index contributed by atoms with van der Waals surface area (Å²) in [5.74, 6) is -2.32. The topological polar surface area (TPSA) is 95.5 Å². The van der Waals surface area contributed by atoms with Gasteiger partial charge < -0.3 is 15.7 Å². The molecule has 0 fully saturated rings. The summed E-state index contributed by atoms with van der Waals surface area (Å²) in [5.41, 5.74) is 0.923. The summed E-state index contributed by atoms with van der Waals surface area (Å²) < 4.78 is 13.1. The van der Waals surface area contributed by atoms with E-state index in [1.54, 1.807) is 6.07 Å². The van der Waals surface area contributed by atoms with Crippen molar-refractivity contribution in [3.63, 3.8) is 0 Å². The monoisotopic (exact) mass is 360 g/mol. The molecule has 1 atom stereocenters. The molecule has 2 aromatic rings. The summed E-state index contributed by atoms with van der Waals surface area (Å²) in [6, 6.07) is 9.84. The maximum atomic E-state index is 13.1. The van der Waals surface area contributed by atoms with Gasteiger partial charge in [0.05, 0.1) is 16.5 Å². The van der Waals surface area contributed by atoms with E-state index in [1.807, 2.05) is 0 Å². The van der Waals surface area contributed by atoms with E-state index in [4.69, 9.17) is 5.11 Å². The number of carbonyl (C=O) groups is 3. The van der Waals surface area contributed by atoms with Crippen LogP contribution in [0.3, 0.4) is 0 Å². The van der Waals surface area contributed by atoms with Crippen LogP contribution in [0.1, 0.15) is 16.8 Å². The van der Waals surface area contributed by atoms with Crippen molar-refractivity contribution in [3.8, 4) is 0 Å². The summed E-state index contributed by atoms with van der Waals surface area (Å²) in [7, 11) is 0. The van der Waals surface area contributed by atoms with Crippen LogP contribution in [0.2, 0.25) is 0 Å². The van der Waals surface area contributed by atoms with Crippen LogP contribution in [0.15, 0.2) is 47.4 Å². The fourth-order valence-corrected chi connectivity index (χ4v) is 3.51. The summed E-state index contributed by atoms with van der Waals surface area (Å²) in [4.78, 5) is 35.9. The molecule has 8 heteroatoms. The Bertz CT molecular complexity index is 871. The molecule has 1 heterocycles. The van der Waals surface area contributed by atoms with Crippen molar-refractivity contribution < 1.29 is 23.9 Å². The molecule has 0 radical (unpaired) electrons. The highest BCUT2D eigenvalue weighted by atomic mass is 32.2. The minimum atomic E-state index is -1.07. The van der Waals surface area contributed by atoms with Gasteiger partial charge in [0.1, 0.15) is 5.82 Å². The molecule has 6 nitrogen and oxygen atoms in total. The third kappa shape index (κ3) is 3.97. The van der Waals surface area contributed by atoms with Gasteiger partial charge in [-0.1, -0.05) is 6.07 Å². The first-order valence-electron chi connectivity index (χ1n) is 7.32. The van der Waals surface area contributed by atoms with Crippen LogP contribution in [-0.4, -0.2) is 28.1 Å². The second kappa shape index (κ2) is 6.94. The van der Waals surface area contributed by atoms with Gasteiger partial charge in [-0.05, 0) is 36.4 Å². The molecule has 128 valence electrons. The van der Waals surface area contributed by atoms with Crippen molar-refractivity contribution >= 4 is 40.9 Å². The lowest BCUT2D eigenvalue weighted by Crippen LogP contribution is -2.32. The fraction of sp³-hybridized carbons (Fsp3) is 0.118. The van der Waals surface area contributed by atoms with E-state index >= 15 is 0 Å².